The number of carbonyl (C=O) groups is 1. The lowest BCUT2D eigenvalue weighted by molar-refractivity contribution is -0.205. The maximum Gasteiger partial charge on any atom is 0.364 e. The second-order valence-electron chi connectivity index (χ2n) is 6.11. The van der Waals surface area contributed by atoms with E-state index >= 15 is 0 Å². The molecule has 0 aliphatic rings. The van der Waals surface area contributed by atoms with Crippen LogP contribution in [0, 0.1) is 0 Å². The molecule has 0 aliphatic heterocycles. The molecule has 0 spiro atoms. The molecule has 4 heteroatoms. The van der Waals surface area contributed by atoms with Crippen LogP contribution in [0.1, 0.15) is 96.8 Å². The van der Waals surface area contributed by atoms with Gasteiger partial charge in [0.25, 0.3) is 5.79 Å². The van der Waals surface area contributed by atoms with Crippen LogP contribution in [-0.4, -0.2) is 27.1 Å². The van der Waals surface area contributed by atoms with Gasteiger partial charge in [-0.3, -0.25) is 0 Å². The monoisotopic (exact) mass is 302 g/mol. The molecule has 0 aromatic heterocycles. The number of carboxylic acid groups (broad SMARTS) is 1. The van der Waals surface area contributed by atoms with E-state index in [0.29, 0.717) is 6.42 Å². The second-order valence-corrected chi connectivity index (χ2v) is 6.11. The van der Waals surface area contributed by atoms with Gasteiger partial charge in [0.15, 0.2) is 0 Å². The number of carboxylic acids is 1. The van der Waals surface area contributed by atoms with Crippen LogP contribution in [0.3, 0.4) is 0 Å². The van der Waals surface area contributed by atoms with Gasteiger partial charge in [0, 0.05) is 6.42 Å². The van der Waals surface area contributed by atoms with E-state index in [9.17, 15) is 4.79 Å². The summed E-state index contributed by atoms with van der Waals surface area (Å²) in [4.78, 5) is 10.5. The van der Waals surface area contributed by atoms with E-state index in [2.05, 4.69) is 6.92 Å². The zero-order valence-corrected chi connectivity index (χ0v) is 13.6. The van der Waals surface area contributed by atoms with Gasteiger partial charge in [0.1, 0.15) is 0 Å². The fraction of sp³-hybridized carbons (Fsp3) is 0.941. The van der Waals surface area contributed by atoms with E-state index in [1.54, 1.807) is 0 Å². The third-order valence-electron chi connectivity index (χ3n) is 3.97. The van der Waals surface area contributed by atoms with Gasteiger partial charge in [-0.05, 0) is 6.42 Å². The smallest absolute Gasteiger partial charge is 0.364 e. The van der Waals surface area contributed by atoms with Crippen molar-refractivity contribution < 1.29 is 20.1 Å². The molecular weight excluding hydrogens is 268 g/mol. The van der Waals surface area contributed by atoms with E-state index in [4.69, 9.17) is 15.3 Å². The van der Waals surface area contributed by atoms with Gasteiger partial charge in [-0.15, -0.1) is 0 Å². The molecule has 21 heavy (non-hydrogen) atoms. The highest BCUT2D eigenvalue weighted by atomic mass is 16.5. The van der Waals surface area contributed by atoms with E-state index in [-0.39, 0.29) is 6.42 Å². The number of hydrogen-bond acceptors (Lipinski definition) is 3. The molecule has 0 saturated heterocycles. The molecule has 0 atom stereocenters. The van der Waals surface area contributed by atoms with Crippen LogP contribution in [0.5, 0.6) is 0 Å². The van der Waals surface area contributed by atoms with Crippen LogP contribution in [0.2, 0.25) is 0 Å². The third kappa shape index (κ3) is 12.8. The first-order valence-electron chi connectivity index (χ1n) is 8.69. The summed E-state index contributed by atoms with van der Waals surface area (Å²) in [5.41, 5.74) is 0. The summed E-state index contributed by atoms with van der Waals surface area (Å²) in [6.45, 7) is 2.24. The molecule has 0 fully saturated rings. The summed E-state index contributed by atoms with van der Waals surface area (Å²) in [5, 5.41) is 26.8. The molecule has 0 bridgehead atoms. The van der Waals surface area contributed by atoms with Crippen molar-refractivity contribution in [2.75, 3.05) is 0 Å². The minimum absolute atomic E-state index is 0.0832. The molecule has 0 rings (SSSR count). The summed E-state index contributed by atoms with van der Waals surface area (Å²) < 4.78 is 0. The lowest BCUT2D eigenvalue weighted by atomic mass is 10.0. The van der Waals surface area contributed by atoms with Gasteiger partial charge in [0.05, 0.1) is 0 Å². The van der Waals surface area contributed by atoms with Crippen LogP contribution < -0.4 is 0 Å². The van der Waals surface area contributed by atoms with Gasteiger partial charge in [-0.2, -0.15) is 0 Å². The highest BCUT2D eigenvalue weighted by Gasteiger charge is 2.31. The summed E-state index contributed by atoms with van der Waals surface area (Å²) in [6.07, 6.45) is 15.5. The number of hydrogen-bond donors (Lipinski definition) is 3. The van der Waals surface area contributed by atoms with Crippen molar-refractivity contribution in [1.82, 2.24) is 0 Å². The Balaban J connectivity index is 3.18. The molecule has 0 aromatic rings. The predicted molar refractivity (Wildman–Crippen MR) is 85.1 cm³/mol. The predicted octanol–water partition coefficient (Wildman–Crippen LogP) is 4.23. The zero-order valence-electron chi connectivity index (χ0n) is 13.6. The van der Waals surface area contributed by atoms with Crippen LogP contribution in [0.4, 0.5) is 0 Å². The van der Waals surface area contributed by atoms with Gasteiger partial charge in [-0.1, -0.05) is 84.0 Å². The standard InChI is InChI=1S/C17H34O4/c1-2-3-4-5-6-7-8-9-10-11-12-13-14-15-17(20,21)16(18)19/h20-21H,2-15H2,1H3,(H,18,19). The minimum atomic E-state index is -2.54. The average Bonchev–Trinajstić information content (AvgIpc) is 2.43. The molecule has 0 aliphatic carbocycles. The number of unbranched alkanes of at least 4 members (excludes halogenated alkanes) is 12. The number of aliphatic hydroxyl groups is 2. The van der Waals surface area contributed by atoms with Crippen LogP contribution in [0.15, 0.2) is 0 Å². The van der Waals surface area contributed by atoms with Crippen LogP contribution in [0.25, 0.3) is 0 Å². The molecule has 0 aromatic carbocycles. The SMILES string of the molecule is CCCCCCCCCCCCCCCC(O)(O)C(=O)O. The average molecular weight is 302 g/mol. The summed E-state index contributed by atoms with van der Waals surface area (Å²) in [7, 11) is 0. The first kappa shape index (κ1) is 20.4. The van der Waals surface area contributed by atoms with Crippen molar-refractivity contribution in [3.8, 4) is 0 Å². The molecule has 3 N–H and O–H groups in total. The Morgan fingerprint density at radius 2 is 1.05 bits per heavy atom. The van der Waals surface area contributed by atoms with E-state index in [1.165, 1.54) is 57.8 Å². The molecule has 0 saturated carbocycles. The molecule has 0 heterocycles. The zero-order chi connectivity index (χ0) is 16.0. The molecule has 0 unspecified atom stereocenters. The highest BCUT2D eigenvalue weighted by molar-refractivity contribution is 5.74. The fourth-order valence-electron chi connectivity index (χ4n) is 2.50. The third-order valence-corrected chi connectivity index (χ3v) is 3.97. The Kier molecular flexibility index (Phi) is 12.7. The van der Waals surface area contributed by atoms with Crippen LogP contribution in [-0.2, 0) is 4.79 Å². The van der Waals surface area contributed by atoms with Crippen molar-refractivity contribution in [2.45, 2.75) is 103 Å². The largest absolute Gasteiger partial charge is 0.477 e. The van der Waals surface area contributed by atoms with Crippen molar-refractivity contribution in [1.29, 1.82) is 0 Å². The summed E-state index contributed by atoms with van der Waals surface area (Å²) >= 11 is 0. The van der Waals surface area contributed by atoms with Gasteiger partial charge < -0.3 is 15.3 Å². The summed E-state index contributed by atoms with van der Waals surface area (Å²) in [5.74, 6) is -4.10. The lowest BCUT2D eigenvalue weighted by Gasteiger charge is -2.15. The Morgan fingerprint density at radius 3 is 1.38 bits per heavy atom. The minimum Gasteiger partial charge on any atom is -0.477 e. The Labute approximate surface area is 129 Å². The van der Waals surface area contributed by atoms with Crippen molar-refractivity contribution in [3.63, 3.8) is 0 Å². The van der Waals surface area contributed by atoms with E-state index < -0.39 is 11.8 Å². The van der Waals surface area contributed by atoms with E-state index in [1.807, 2.05) is 0 Å². The van der Waals surface area contributed by atoms with Crippen molar-refractivity contribution >= 4 is 5.97 Å². The topological polar surface area (TPSA) is 77.8 Å². The van der Waals surface area contributed by atoms with Gasteiger partial charge in [-0.25, -0.2) is 4.79 Å². The maximum atomic E-state index is 10.5. The fourth-order valence-corrected chi connectivity index (χ4v) is 2.50. The maximum absolute atomic E-state index is 10.5. The van der Waals surface area contributed by atoms with Gasteiger partial charge in [0.2, 0.25) is 0 Å². The normalized spacial score (nSPS) is 11.8. The Bertz CT molecular complexity index is 251. The molecule has 0 radical (unpaired) electrons. The second kappa shape index (κ2) is 13.1. The first-order chi connectivity index (χ1) is 10.0. The molecule has 0 amide bonds. The van der Waals surface area contributed by atoms with E-state index in [0.717, 1.165) is 19.3 Å². The first-order valence-corrected chi connectivity index (χ1v) is 8.69. The van der Waals surface area contributed by atoms with Gasteiger partial charge >= 0.3 is 5.97 Å². The Hall–Kier alpha value is -0.610. The summed E-state index contributed by atoms with van der Waals surface area (Å²) in [6, 6.07) is 0. The highest BCUT2D eigenvalue weighted by Crippen LogP contribution is 2.15. The number of aliphatic carboxylic acids is 1. The van der Waals surface area contributed by atoms with Crippen LogP contribution >= 0.6 is 0 Å². The molecule has 4 nitrogen and oxygen atoms in total. The quantitative estimate of drug-likeness (QED) is 0.312. The lowest BCUT2D eigenvalue weighted by Crippen LogP contribution is -2.37. The molecule has 126 valence electrons. The molecular formula is C17H34O4. The Morgan fingerprint density at radius 1 is 0.714 bits per heavy atom. The number of rotatable bonds is 15. The van der Waals surface area contributed by atoms with Crippen molar-refractivity contribution in [2.24, 2.45) is 0 Å². The van der Waals surface area contributed by atoms with Crippen molar-refractivity contribution in [3.05, 3.63) is 0 Å².